The maximum absolute atomic E-state index is 11.4. The van der Waals surface area contributed by atoms with Crippen molar-refractivity contribution in [1.82, 2.24) is 0 Å². The Labute approximate surface area is 97.6 Å². The maximum Gasteiger partial charge on any atom is 0.363 e. The fourth-order valence-electron chi connectivity index (χ4n) is 1.79. The first-order chi connectivity index (χ1) is 8.24. The van der Waals surface area contributed by atoms with Gasteiger partial charge in [0.05, 0.1) is 6.26 Å². The Morgan fingerprint density at radius 3 is 2.94 bits per heavy atom. The van der Waals surface area contributed by atoms with E-state index in [2.05, 4.69) is 4.99 Å². The van der Waals surface area contributed by atoms with Gasteiger partial charge in [-0.25, -0.2) is 9.79 Å². The third-order valence-corrected chi connectivity index (χ3v) is 2.53. The highest BCUT2D eigenvalue weighted by Crippen LogP contribution is 2.30. The van der Waals surface area contributed by atoms with Crippen LogP contribution in [0.5, 0.6) is 0 Å². The molecule has 0 fully saturated rings. The van der Waals surface area contributed by atoms with E-state index >= 15 is 0 Å². The minimum Gasteiger partial charge on any atom is -0.464 e. The minimum atomic E-state index is -0.423. The average molecular weight is 227 g/mol. The van der Waals surface area contributed by atoms with Crippen LogP contribution in [-0.4, -0.2) is 11.9 Å². The van der Waals surface area contributed by atoms with Crippen molar-refractivity contribution in [3.63, 3.8) is 0 Å². The van der Waals surface area contributed by atoms with Gasteiger partial charge in [0.25, 0.3) is 0 Å². The summed E-state index contributed by atoms with van der Waals surface area (Å²) < 4.78 is 10.3. The van der Waals surface area contributed by atoms with Crippen LogP contribution in [0.2, 0.25) is 0 Å². The SMILES string of the molecule is CC1=NC(=Cc2ccc3cccoc2-3)C(=O)O1. The lowest BCUT2D eigenvalue weighted by molar-refractivity contribution is -0.130. The number of carbonyl (C=O) groups excluding carboxylic acids is 1. The number of hydrogen-bond donors (Lipinski definition) is 0. The summed E-state index contributed by atoms with van der Waals surface area (Å²) in [4.78, 5) is 15.4. The Morgan fingerprint density at radius 1 is 1.29 bits per heavy atom. The smallest absolute Gasteiger partial charge is 0.363 e. The molecule has 84 valence electrons. The fourth-order valence-corrected chi connectivity index (χ4v) is 1.79. The van der Waals surface area contributed by atoms with Crippen LogP contribution in [0.25, 0.3) is 17.4 Å². The first kappa shape index (κ1) is 9.84. The summed E-state index contributed by atoms with van der Waals surface area (Å²) in [7, 11) is 0. The van der Waals surface area contributed by atoms with Crippen LogP contribution in [0.3, 0.4) is 0 Å². The molecule has 0 bridgehead atoms. The second-order valence-corrected chi connectivity index (χ2v) is 3.74. The van der Waals surface area contributed by atoms with Gasteiger partial charge in [0, 0.05) is 18.1 Å². The van der Waals surface area contributed by atoms with Crippen LogP contribution in [0, 0.1) is 0 Å². The van der Waals surface area contributed by atoms with Crippen LogP contribution in [0.4, 0.5) is 0 Å². The highest BCUT2D eigenvalue weighted by Gasteiger charge is 2.21. The summed E-state index contributed by atoms with van der Waals surface area (Å²) in [5, 5.41) is 0. The van der Waals surface area contributed by atoms with Gasteiger partial charge in [0.1, 0.15) is 5.76 Å². The van der Waals surface area contributed by atoms with Crippen LogP contribution in [0.1, 0.15) is 12.5 Å². The van der Waals surface area contributed by atoms with Gasteiger partial charge in [-0.2, -0.15) is 0 Å². The van der Waals surface area contributed by atoms with Crippen LogP contribution >= 0.6 is 0 Å². The van der Waals surface area contributed by atoms with E-state index in [1.807, 2.05) is 24.3 Å². The van der Waals surface area contributed by atoms with Gasteiger partial charge in [-0.3, -0.25) is 0 Å². The molecular formula is C13H9NO3. The van der Waals surface area contributed by atoms with Crippen LogP contribution < -0.4 is 0 Å². The molecule has 0 aromatic rings. The maximum atomic E-state index is 11.4. The molecule has 0 saturated heterocycles. The quantitative estimate of drug-likeness (QED) is 0.556. The molecule has 4 heteroatoms. The number of carbonyl (C=O) groups is 1. The first-order valence-electron chi connectivity index (χ1n) is 5.19. The van der Waals surface area contributed by atoms with Gasteiger partial charge >= 0.3 is 5.97 Å². The van der Waals surface area contributed by atoms with Gasteiger partial charge < -0.3 is 9.15 Å². The van der Waals surface area contributed by atoms with Crippen molar-refractivity contribution in [1.29, 1.82) is 0 Å². The second-order valence-electron chi connectivity index (χ2n) is 3.74. The van der Waals surface area contributed by atoms with Crippen molar-refractivity contribution in [2.45, 2.75) is 6.92 Å². The number of aliphatic imine (C=N–C) groups is 1. The standard InChI is InChI=1S/C13H9NO3/c1-8-14-11(13(15)17-8)7-10-5-4-9-3-2-6-16-12(9)10/h2-7H,1H3. The molecule has 17 heavy (non-hydrogen) atoms. The molecule has 3 aliphatic rings. The van der Waals surface area contributed by atoms with E-state index in [0.29, 0.717) is 11.6 Å². The van der Waals surface area contributed by atoms with Gasteiger partial charge in [-0.15, -0.1) is 0 Å². The van der Waals surface area contributed by atoms with Crippen molar-refractivity contribution < 1.29 is 13.9 Å². The van der Waals surface area contributed by atoms with E-state index in [4.69, 9.17) is 9.15 Å². The lowest BCUT2D eigenvalue weighted by Crippen LogP contribution is -1.99. The zero-order chi connectivity index (χ0) is 11.8. The number of cyclic esters (lactones) is 1. The van der Waals surface area contributed by atoms with Gasteiger partial charge in [0.2, 0.25) is 0 Å². The number of ether oxygens (including phenoxy) is 1. The first-order valence-corrected chi connectivity index (χ1v) is 5.19. The highest BCUT2D eigenvalue weighted by molar-refractivity contribution is 6.06. The normalized spacial score (nSPS) is 17.6. The van der Waals surface area contributed by atoms with Gasteiger partial charge in [-0.1, -0.05) is 12.1 Å². The molecule has 0 atom stereocenters. The Balaban J connectivity index is 2.07. The van der Waals surface area contributed by atoms with Crippen LogP contribution in [-0.2, 0) is 9.53 Å². The molecule has 0 aromatic carbocycles. The Bertz CT molecular complexity index is 621. The molecule has 0 N–H and O–H groups in total. The molecule has 0 aromatic heterocycles. The lowest BCUT2D eigenvalue weighted by atomic mass is 10.2. The number of fused-ring (bicyclic) bond motifs is 1. The Hall–Kier alpha value is -2.36. The van der Waals surface area contributed by atoms with E-state index in [0.717, 1.165) is 16.9 Å². The predicted molar refractivity (Wildman–Crippen MR) is 62.5 cm³/mol. The monoisotopic (exact) mass is 227 g/mol. The van der Waals surface area contributed by atoms with E-state index in [1.165, 1.54) is 0 Å². The molecule has 0 saturated carbocycles. The van der Waals surface area contributed by atoms with E-state index < -0.39 is 5.97 Å². The molecule has 0 unspecified atom stereocenters. The number of rotatable bonds is 1. The molecule has 1 aliphatic carbocycles. The molecule has 4 nitrogen and oxygen atoms in total. The fraction of sp³-hybridized carbons (Fsp3) is 0.0769. The van der Waals surface area contributed by atoms with Crippen molar-refractivity contribution >= 4 is 17.9 Å². The summed E-state index contributed by atoms with van der Waals surface area (Å²) in [6.45, 7) is 1.65. The minimum absolute atomic E-state index is 0.300. The number of hydrogen-bond acceptors (Lipinski definition) is 4. The molecular weight excluding hydrogens is 218 g/mol. The number of nitrogens with zero attached hydrogens (tertiary/aromatic N) is 1. The predicted octanol–water partition coefficient (Wildman–Crippen LogP) is 2.70. The molecule has 2 heterocycles. The Morgan fingerprint density at radius 2 is 2.18 bits per heavy atom. The van der Waals surface area contributed by atoms with Crippen molar-refractivity contribution in [3.8, 4) is 11.3 Å². The molecule has 2 aliphatic heterocycles. The summed E-state index contributed by atoms with van der Waals surface area (Å²) >= 11 is 0. The third kappa shape index (κ3) is 1.63. The summed E-state index contributed by atoms with van der Waals surface area (Å²) in [5.74, 6) is 0.689. The van der Waals surface area contributed by atoms with Crippen LogP contribution in [0.15, 0.2) is 45.6 Å². The zero-order valence-electron chi connectivity index (χ0n) is 9.14. The zero-order valence-corrected chi connectivity index (χ0v) is 9.14. The Kier molecular flexibility index (Phi) is 2.08. The highest BCUT2D eigenvalue weighted by atomic mass is 16.6. The van der Waals surface area contributed by atoms with E-state index in [1.54, 1.807) is 19.3 Å². The molecule has 0 spiro atoms. The third-order valence-electron chi connectivity index (χ3n) is 2.53. The lowest BCUT2D eigenvalue weighted by Gasteiger charge is -1.98. The molecule has 3 rings (SSSR count). The average Bonchev–Trinajstić information content (AvgIpc) is 2.85. The van der Waals surface area contributed by atoms with Crippen molar-refractivity contribution in [2.24, 2.45) is 4.99 Å². The van der Waals surface area contributed by atoms with E-state index in [9.17, 15) is 4.79 Å². The van der Waals surface area contributed by atoms with Crippen molar-refractivity contribution in [3.05, 3.63) is 41.8 Å². The largest absolute Gasteiger partial charge is 0.464 e. The summed E-state index contributed by atoms with van der Waals surface area (Å²) in [6.07, 6.45) is 3.27. The summed E-state index contributed by atoms with van der Waals surface area (Å²) in [6, 6.07) is 7.59. The molecule has 0 radical (unpaired) electrons. The number of esters is 1. The van der Waals surface area contributed by atoms with Gasteiger partial charge in [0.15, 0.2) is 11.6 Å². The van der Waals surface area contributed by atoms with E-state index in [-0.39, 0.29) is 0 Å². The summed E-state index contributed by atoms with van der Waals surface area (Å²) in [5.41, 5.74) is 2.12. The molecule has 0 amide bonds. The van der Waals surface area contributed by atoms with Gasteiger partial charge in [-0.05, 0) is 18.2 Å². The van der Waals surface area contributed by atoms with Crippen molar-refractivity contribution in [2.75, 3.05) is 0 Å². The topological polar surface area (TPSA) is 51.8 Å². The second kappa shape index (κ2) is 3.59.